The number of hydrogen-bond donors (Lipinski definition) is 1. The molecule has 1 aromatic carbocycles. The first-order valence-corrected chi connectivity index (χ1v) is 9.09. The Morgan fingerprint density at radius 1 is 1.19 bits per heavy atom. The van der Waals surface area contributed by atoms with Crippen molar-refractivity contribution in [2.75, 3.05) is 4.72 Å². The zero-order valence-corrected chi connectivity index (χ0v) is 15.0. The Morgan fingerprint density at radius 3 is 2.57 bits per heavy atom. The van der Waals surface area contributed by atoms with Crippen LogP contribution < -0.4 is 10.3 Å². The second-order valence-electron chi connectivity index (χ2n) is 4.22. The fourth-order valence-corrected chi connectivity index (χ4v) is 4.28. The Labute approximate surface area is 139 Å². The summed E-state index contributed by atoms with van der Waals surface area (Å²) in [6.45, 7) is 2.28. The number of pyridine rings is 1. The minimum absolute atomic E-state index is 0.117. The molecule has 112 valence electrons. The topological polar surface area (TPSA) is 68.2 Å². The van der Waals surface area contributed by atoms with Crippen LogP contribution in [0.15, 0.2) is 55.2 Å². The molecule has 0 amide bonds. The Morgan fingerprint density at radius 2 is 1.90 bits per heavy atom. The number of anilines is 1. The number of aromatic nitrogens is 1. The molecule has 0 saturated carbocycles. The lowest BCUT2D eigenvalue weighted by Crippen LogP contribution is -2.20. The number of nitrogens with zero attached hydrogens (tertiary/aromatic N) is 1. The molecule has 0 aliphatic heterocycles. The molecule has 0 bridgehead atoms. The van der Waals surface area contributed by atoms with E-state index in [1.165, 1.54) is 29.0 Å². The zero-order chi connectivity index (χ0) is 15.6. The van der Waals surface area contributed by atoms with Gasteiger partial charge in [0.15, 0.2) is 0 Å². The van der Waals surface area contributed by atoms with Crippen molar-refractivity contribution in [1.29, 1.82) is 0 Å². The second-order valence-corrected chi connectivity index (χ2v) is 7.64. The molecule has 0 spiro atoms. The molecular weight excluding hydrogens is 424 g/mol. The maximum Gasteiger partial charge on any atom is 0.263 e. The third-order valence-corrected chi connectivity index (χ3v) is 5.63. The highest BCUT2D eigenvalue weighted by Crippen LogP contribution is 2.27. The van der Waals surface area contributed by atoms with E-state index >= 15 is 0 Å². The lowest BCUT2D eigenvalue weighted by molar-refractivity contribution is 0.600. The molecule has 0 fully saturated rings. The van der Waals surface area contributed by atoms with Gasteiger partial charge < -0.3 is 4.57 Å². The van der Waals surface area contributed by atoms with Crippen molar-refractivity contribution < 1.29 is 8.42 Å². The monoisotopic (exact) mass is 434 g/mol. The number of aryl methyl sites for hydroxylation is 1. The molecule has 1 heterocycles. The number of nitrogens with one attached hydrogen (secondary N) is 1. The number of hydrogen-bond acceptors (Lipinski definition) is 3. The van der Waals surface area contributed by atoms with Gasteiger partial charge in [-0.25, -0.2) is 8.42 Å². The van der Waals surface area contributed by atoms with E-state index in [0.29, 0.717) is 21.2 Å². The first-order valence-electron chi connectivity index (χ1n) is 6.02. The van der Waals surface area contributed by atoms with Crippen LogP contribution >= 0.6 is 31.9 Å². The summed E-state index contributed by atoms with van der Waals surface area (Å²) in [7, 11) is -3.75. The Bertz CT molecular complexity index is 832. The highest BCUT2D eigenvalue weighted by molar-refractivity contribution is 9.11. The largest absolute Gasteiger partial charge is 0.314 e. The van der Waals surface area contributed by atoms with Crippen LogP contribution in [0.2, 0.25) is 0 Å². The SMILES string of the molecule is CCn1cc(NS(=O)(=O)c2cc(Br)ccc2Br)ccc1=O. The predicted octanol–water partition coefficient (Wildman–Crippen LogP) is 3.19. The standard InChI is InChI=1S/C13H12Br2N2O3S/c1-2-17-8-10(4-6-13(17)18)16-21(19,20)12-7-9(14)3-5-11(12)15/h3-8,16H,2H2,1H3. The zero-order valence-electron chi connectivity index (χ0n) is 11.0. The van der Waals surface area contributed by atoms with Crippen LogP contribution in [0.5, 0.6) is 0 Å². The van der Waals surface area contributed by atoms with Crippen LogP contribution in [0.4, 0.5) is 5.69 Å². The summed E-state index contributed by atoms with van der Waals surface area (Å²) < 4.78 is 29.8. The van der Waals surface area contributed by atoms with Gasteiger partial charge in [-0.2, -0.15) is 0 Å². The van der Waals surface area contributed by atoms with Gasteiger partial charge in [0.1, 0.15) is 4.90 Å². The van der Waals surface area contributed by atoms with E-state index in [2.05, 4.69) is 36.6 Å². The molecule has 2 rings (SSSR count). The summed E-state index contributed by atoms with van der Waals surface area (Å²) in [6.07, 6.45) is 1.48. The second kappa shape index (κ2) is 6.33. The normalized spacial score (nSPS) is 11.4. The summed E-state index contributed by atoms with van der Waals surface area (Å²) in [4.78, 5) is 11.6. The summed E-state index contributed by atoms with van der Waals surface area (Å²) >= 11 is 6.47. The van der Waals surface area contributed by atoms with Gasteiger partial charge in [0, 0.05) is 27.8 Å². The molecule has 5 nitrogen and oxygen atoms in total. The molecule has 2 aromatic rings. The third-order valence-electron chi connectivity index (χ3n) is 2.76. The van der Waals surface area contributed by atoms with E-state index in [0.717, 1.165) is 0 Å². The minimum atomic E-state index is -3.75. The van der Waals surface area contributed by atoms with Crippen LogP contribution in [0.25, 0.3) is 0 Å². The van der Waals surface area contributed by atoms with Gasteiger partial charge in [-0.3, -0.25) is 9.52 Å². The first kappa shape index (κ1) is 16.3. The van der Waals surface area contributed by atoms with Gasteiger partial charge in [0.05, 0.1) is 5.69 Å². The Hall–Kier alpha value is -1.12. The van der Waals surface area contributed by atoms with Crippen molar-refractivity contribution in [3.05, 3.63) is 55.8 Å². The molecule has 0 saturated heterocycles. The van der Waals surface area contributed by atoms with Crippen molar-refractivity contribution in [1.82, 2.24) is 4.57 Å². The molecule has 1 N–H and O–H groups in total. The van der Waals surface area contributed by atoms with Crippen molar-refractivity contribution in [2.24, 2.45) is 0 Å². The molecule has 0 aliphatic rings. The van der Waals surface area contributed by atoms with E-state index in [1.807, 2.05) is 6.92 Å². The quantitative estimate of drug-likeness (QED) is 0.801. The Balaban J connectivity index is 2.42. The number of sulfonamides is 1. The van der Waals surface area contributed by atoms with Gasteiger partial charge in [-0.15, -0.1) is 0 Å². The van der Waals surface area contributed by atoms with Crippen molar-refractivity contribution >= 4 is 47.6 Å². The van der Waals surface area contributed by atoms with Crippen LogP contribution in [0, 0.1) is 0 Å². The van der Waals surface area contributed by atoms with Gasteiger partial charge in [0.25, 0.3) is 15.6 Å². The maximum atomic E-state index is 12.4. The summed E-state index contributed by atoms with van der Waals surface area (Å²) in [6, 6.07) is 7.66. The summed E-state index contributed by atoms with van der Waals surface area (Å²) in [5, 5.41) is 0. The number of halogens is 2. The van der Waals surface area contributed by atoms with Crippen molar-refractivity contribution in [3.8, 4) is 0 Å². The van der Waals surface area contributed by atoms with Gasteiger partial charge in [0.2, 0.25) is 0 Å². The third kappa shape index (κ3) is 3.75. The predicted molar refractivity (Wildman–Crippen MR) is 89.0 cm³/mol. The van der Waals surface area contributed by atoms with E-state index < -0.39 is 10.0 Å². The molecule has 0 atom stereocenters. The highest BCUT2D eigenvalue weighted by Gasteiger charge is 2.18. The fraction of sp³-hybridized carbons (Fsp3) is 0.154. The van der Waals surface area contributed by atoms with E-state index in [9.17, 15) is 13.2 Å². The average molecular weight is 436 g/mol. The van der Waals surface area contributed by atoms with Crippen LogP contribution in [0.3, 0.4) is 0 Å². The van der Waals surface area contributed by atoms with Crippen molar-refractivity contribution in [2.45, 2.75) is 18.4 Å². The fourth-order valence-electron chi connectivity index (χ4n) is 1.73. The lowest BCUT2D eigenvalue weighted by Gasteiger charge is -2.11. The molecule has 0 radical (unpaired) electrons. The van der Waals surface area contributed by atoms with E-state index in [-0.39, 0.29) is 10.5 Å². The molecule has 1 aromatic heterocycles. The van der Waals surface area contributed by atoms with Crippen LogP contribution in [-0.4, -0.2) is 13.0 Å². The first-order chi connectivity index (χ1) is 9.83. The van der Waals surface area contributed by atoms with Gasteiger partial charge in [-0.1, -0.05) is 15.9 Å². The summed E-state index contributed by atoms with van der Waals surface area (Å²) in [5.74, 6) is 0. The maximum absolute atomic E-state index is 12.4. The number of rotatable bonds is 4. The summed E-state index contributed by atoms with van der Waals surface area (Å²) in [5.41, 5.74) is 0.160. The van der Waals surface area contributed by atoms with Gasteiger partial charge in [-0.05, 0) is 47.1 Å². The lowest BCUT2D eigenvalue weighted by atomic mass is 10.4. The molecule has 0 unspecified atom stereocenters. The average Bonchev–Trinajstić information content (AvgIpc) is 2.43. The van der Waals surface area contributed by atoms with E-state index in [4.69, 9.17) is 0 Å². The van der Waals surface area contributed by atoms with E-state index in [1.54, 1.807) is 12.1 Å². The van der Waals surface area contributed by atoms with Crippen LogP contribution in [0.1, 0.15) is 6.92 Å². The molecule has 0 aliphatic carbocycles. The smallest absolute Gasteiger partial charge is 0.263 e. The van der Waals surface area contributed by atoms with Gasteiger partial charge >= 0.3 is 0 Å². The highest BCUT2D eigenvalue weighted by atomic mass is 79.9. The molecule has 8 heteroatoms. The van der Waals surface area contributed by atoms with Crippen LogP contribution in [-0.2, 0) is 16.6 Å². The molecule has 21 heavy (non-hydrogen) atoms. The Kier molecular flexibility index (Phi) is 4.90. The minimum Gasteiger partial charge on any atom is -0.314 e. The number of benzene rings is 1. The molecular formula is C13H12Br2N2O3S. The van der Waals surface area contributed by atoms with Crippen molar-refractivity contribution in [3.63, 3.8) is 0 Å².